The van der Waals surface area contributed by atoms with Crippen LogP contribution in [0.2, 0.25) is 0 Å². The molecule has 1 amide bonds. The first-order chi connectivity index (χ1) is 7.87. The van der Waals surface area contributed by atoms with Crippen LogP contribution in [0.4, 0.5) is 0 Å². The molecular weight excluding hydrogens is 222 g/mol. The van der Waals surface area contributed by atoms with Crippen molar-refractivity contribution in [3.8, 4) is 0 Å². The number of hydrogen-bond donors (Lipinski definition) is 3. The van der Waals surface area contributed by atoms with E-state index in [1.807, 2.05) is 21.1 Å². The Morgan fingerprint density at radius 3 is 1.24 bits per heavy atom. The first-order valence-electron chi connectivity index (χ1n) is 5.33. The Balaban J connectivity index is -0.0000000676. The minimum absolute atomic E-state index is 0.00463. The van der Waals surface area contributed by atoms with Gasteiger partial charge in [0, 0.05) is 20.9 Å². The van der Waals surface area contributed by atoms with E-state index in [0.717, 1.165) is 6.54 Å². The number of carbonyl (C=O) groups is 2. The van der Waals surface area contributed by atoms with Crippen LogP contribution in [0.3, 0.4) is 0 Å². The Kier molecular flexibility index (Phi) is 43.0. The average Bonchev–Trinajstić information content (AvgIpc) is 2.31. The van der Waals surface area contributed by atoms with E-state index in [0.29, 0.717) is 0 Å². The minimum atomic E-state index is -0.245. The molecule has 0 saturated heterocycles. The van der Waals surface area contributed by atoms with Crippen LogP contribution >= 0.6 is 0 Å². The summed E-state index contributed by atoms with van der Waals surface area (Å²) in [6.45, 7) is 5.97. The molecule has 6 heteroatoms. The second-order valence-electron chi connectivity index (χ2n) is 2.71. The van der Waals surface area contributed by atoms with Crippen molar-refractivity contribution in [3.63, 3.8) is 0 Å². The Hall–Kier alpha value is -1.14. The van der Waals surface area contributed by atoms with Crippen molar-refractivity contribution in [1.82, 2.24) is 16.0 Å². The predicted molar refractivity (Wildman–Crippen MR) is 72.0 cm³/mol. The summed E-state index contributed by atoms with van der Waals surface area (Å²) < 4.78 is 4.11. The fraction of sp³-hybridized carbons (Fsp3) is 0.818. The summed E-state index contributed by atoms with van der Waals surface area (Å²) in [4.78, 5) is 19.3. The third-order valence-corrected chi connectivity index (χ3v) is 0.993. The molecule has 0 bridgehead atoms. The van der Waals surface area contributed by atoms with Crippen LogP contribution in [0.15, 0.2) is 0 Å². The molecule has 0 heterocycles. The molecular formula is C11H29N3O3. The Morgan fingerprint density at radius 2 is 1.24 bits per heavy atom. The van der Waals surface area contributed by atoms with Gasteiger partial charge in [-0.1, -0.05) is 6.92 Å². The third-order valence-electron chi connectivity index (χ3n) is 0.993. The van der Waals surface area contributed by atoms with E-state index in [4.69, 9.17) is 0 Å². The topological polar surface area (TPSA) is 79.5 Å². The van der Waals surface area contributed by atoms with Crippen molar-refractivity contribution in [2.45, 2.75) is 20.8 Å². The lowest BCUT2D eigenvalue weighted by molar-refractivity contribution is -0.137. The van der Waals surface area contributed by atoms with E-state index in [2.05, 4.69) is 27.6 Å². The first-order valence-corrected chi connectivity index (χ1v) is 5.33. The monoisotopic (exact) mass is 251 g/mol. The van der Waals surface area contributed by atoms with E-state index in [9.17, 15) is 9.59 Å². The number of hydrogen-bond acceptors (Lipinski definition) is 5. The fourth-order valence-corrected chi connectivity index (χ4v) is 0. The number of nitrogens with one attached hydrogen (secondary N) is 3. The van der Waals surface area contributed by atoms with E-state index in [-0.39, 0.29) is 11.9 Å². The van der Waals surface area contributed by atoms with Crippen LogP contribution < -0.4 is 16.0 Å². The second kappa shape index (κ2) is 29.4. The lowest BCUT2D eigenvalue weighted by atomic mass is 10.7. The zero-order chi connectivity index (χ0) is 14.7. The number of esters is 1. The summed E-state index contributed by atoms with van der Waals surface area (Å²) in [7, 11) is 8.63. The van der Waals surface area contributed by atoms with E-state index < -0.39 is 0 Å². The normalized spacial score (nSPS) is 6.82. The summed E-state index contributed by atoms with van der Waals surface area (Å²) in [6, 6.07) is 0. The first kappa shape index (κ1) is 24.9. The highest BCUT2D eigenvalue weighted by Gasteiger charge is 1.75. The third kappa shape index (κ3) is 165. The van der Waals surface area contributed by atoms with Crippen LogP contribution in [-0.4, -0.2) is 53.7 Å². The Morgan fingerprint density at radius 1 is 1.06 bits per heavy atom. The fourth-order valence-electron chi connectivity index (χ4n) is 0. The van der Waals surface area contributed by atoms with Crippen molar-refractivity contribution in [3.05, 3.63) is 0 Å². The maximum atomic E-state index is 9.70. The van der Waals surface area contributed by atoms with E-state index in [1.165, 1.54) is 21.0 Å². The molecule has 17 heavy (non-hydrogen) atoms. The van der Waals surface area contributed by atoms with Crippen LogP contribution in [-0.2, 0) is 14.3 Å². The van der Waals surface area contributed by atoms with Gasteiger partial charge in [-0.05, 0) is 27.7 Å². The van der Waals surface area contributed by atoms with Gasteiger partial charge in [0.25, 0.3) is 0 Å². The lowest BCUT2D eigenvalue weighted by Crippen LogP contribution is -2.11. The van der Waals surface area contributed by atoms with Gasteiger partial charge in [-0.2, -0.15) is 0 Å². The van der Waals surface area contributed by atoms with Gasteiger partial charge in [0.1, 0.15) is 0 Å². The molecule has 0 aromatic carbocycles. The Labute approximate surface area is 105 Å². The number of ether oxygens (including phenoxy) is 1. The maximum Gasteiger partial charge on any atom is 0.302 e. The zero-order valence-corrected chi connectivity index (χ0v) is 12.4. The van der Waals surface area contributed by atoms with Gasteiger partial charge < -0.3 is 20.7 Å². The molecule has 0 aromatic rings. The smallest absolute Gasteiger partial charge is 0.302 e. The summed E-state index contributed by atoms with van der Waals surface area (Å²) in [5, 5.41) is 8.07. The molecule has 0 aliphatic heterocycles. The molecule has 0 saturated carbocycles. The van der Waals surface area contributed by atoms with Gasteiger partial charge in [0.15, 0.2) is 0 Å². The minimum Gasteiger partial charge on any atom is -0.469 e. The highest BCUT2D eigenvalue weighted by molar-refractivity contribution is 5.72. The molecule has 106 valence electrons. The van der Waals surface area contributed by atoms with Crippen LogP contribution in [0.5, 0.6) is 0 Å². The van der Waals surface area contributed by atoms with Gasteiger partial charge in [-0.3, -0.25) is 9.59 Å². The molecule has 0 radical (unpaired) electrons. The quantitative estimate of drug-likeness (QED) is 0.571. The molecule has 0 atom stereocenters. The van der Waals surface area contributed by atoms with Crippen molar-refractivity contribution in [2.75, 3.05) is 41.8 Å². The second-order valence-corrected chi connectivity index (χ2v) is 2.71. The highest BCUT2D eigenvalue weighted by atomic mass is 16.5. The highest BCUT2D eigenvalue weighted by Crippen LogP contribution is 1.60. The summed E-state index contributed by atoms with van der Waals surface area (Å²) in [6.07, 6.45) is 0. The largest absolute Gasteiger partial charge is 0.469 e. The van der Waals surface area contributed by atoms with Crippen molar-refractivity contribution < 1.29 is 14.3 Å². The standard InChI is InChI=1S/C3H7NO.C3H9N.C3H6O2.C2H7N/c1-3(5)4-2;1-3-4-2;1-3(4)5-2;1-3-2/h1-2H3,(H,4,5);4H,3H2,1-2H3;1-2H3;3H,1-2H3. The Bertz CT molecular complexity index is 137. The van der Waals surface area contributed by atoms with Gasteiger partial charge in [0.05, 0.1) is 7.11 Å². The summed E-state index contributed by atoms with van der Waals surface area (Å²) in [5.74, 6) is -0.241. The maximum absolute atomic E-state index is 9.70. The molecule has 0 rings (SSSR count). The molecule has 6 nitrogen and oxygen atoms in total. The average molecular weight is 251 g/mol. The van der Waals surface area contributed by atoms with Gasteiger partial charge in [0.2, 0.25) is 5.91 Å². The summed E-state index contributed by atoms with van der Waals surface area (Å²) >= 11 is 0. The van der Waals surface area contributed by atoms with Crippen LogP contribution in [0.25, 0.3) is 0 Å². The lowest BCUT2D eigenvalue weighted by Gasteiger charge is -1.80. The molecule has 0 aliphatic carbocycles. The number of carbonyl (C=O) groups excluding carboxylic acids is 2. The van der Waals surface area contributed by atoms with E-state index in [1.54, 1.807) is 7.05 Å². The van der Waals surface area contributed by atoms with Crippen LogP contribution in [0.1, 0.15) is 20.8 Å². The van der Waals surface area contributed by atoms with Crippen molar-refractivity contribution >= 4 is 11.9 Å². The molecule has 0 aromatic heterocycles. The molecule has 0 fully saturated rings. The number of amides is 1. The van der Waals surface area contributed by atoms with Gasteiger partial charge in [-0.15, -0.1) is 0 Å². The SMILES string of the molecule is CCNC.CNC.CNC(C)=O.COC(C)=O. The van der Waals surface area contributed by atoms with Gasteiger partial charge >= 0.3 is 5.97 Å². The predicted octanol–water partition coefficient (Wildman–Crippen LogP) is -0.00710. The van der Waals surface area contributed by atoms with Crippen molar-refractivity contribution in [1.29, 1.82) is 0 Å². The molecule has 3 N–H and O–H groups in total. The van der Waals surface area contributed by atoms with Crippen molar-refractivity contribution in [2.24, 2.45) is 0 Å². The van der Waals surface area contributed by atoms with E-state index >= 15 is 0 Å². The number of rotatable bonds is 1. The molecule has 0 aliphatic rings. The number of methoxy groups -OCH3 is 1. The molecule has 0 unspecified atom stereocenters. The van der Waals surface area contributed by atoms with Gasteiger partial charge in [-0.25, -0.2) is 0 Å². The zero-order valence-electron chi connectivity index (χ0n) is 12.4. The molecule has 0 spiro atoms. The summed E-state index contributed by atoms with van der Waals surface area (Å²) in [5.41, 5.74) is 0. The van der Waals surface area contributed by atoms with Crippen LogP contribution in [0, 0.1) is 0 Å².